The minimum atomic E-state index is -2.02. The van der Waals surface area contributed by atoms with Crippen LogP contribution >= 0.6 is 23.2 Å². The third-order valence-electron chi connectivity index (χ3n) is 9.08. The topological polar surface area (TPSA) is 82.6 Å². The number of amides is 2. The van der Waals surface area contributed by atoms with Crippen molar-refractivity contribution in [1.82, 2.24) is 14.7 Å². The summed E-state index contributed by atoms with van der Waals surface area (Å²) in [6, 6.07) is 5.43. The molecule has 0 aliphatic carbocycles. The molecule has 2 saturated heterocycles. The van der Waals surface area contributed by atoms with Crippen molar-refractivity contribution in [2.45, 2.75) is 84.7 Å². The summed E-state index contributed by atoms with van der Waals surface area (Å²) in [6.45, 7) is 21.0. The van der Waals surface area contributed by atoms with Crippen LogP contribution in [0.25, 0.3) is 0 Å². The Bertz CT molecular complexity index is 1090. The largest absolute Gasteiger partial charge is 0.465 e. The van der Waals surface area contributed by atoms with Gasteiger partial charge in [-0.2, -0.15) is 0 Å². The molecule has 0 aromatic heterocycles. The van der Waals surface area contributed by atoms with Crippen molar-refractivity contribution in [3.8, 4) is 0 Å². The van der Waals surface area contributed by atoms with Gasteiger partial charge in [0.25, 0.3) is 0 Å². The number of nitrogens with zero attached hydrogens (tertiary/aromatic N) is 3. The van der Waals surface area contributed by atoms with Gasteiger partial charge in [0.15, 0.2) is 8.32 Å². The maximum absolute atomic E-state index is 13.8. The van der Waals surface area contributed by atoms with E-state index in [0.29, 0.717) is 36.3 Å². The van der Waals surface area contributed by atoms with E-state index >= 15 is 0 Å². The molecule has 11 heteroatoms. The van der Waals surface area contributed by atoms with Crippen LogP contribution in [0.15, 0.2) is 18.2 Å². The zero-order chi connectivity index (χ0) is 31.5. The van der Waals surface area contributed by atoms with Gasteiger partial charge in [-0.3, -0.25) is 9.69 Å². The summed E-state index contributed by atoms with van der Waals surface area (Å²) in [6.07, 6.45) is 0.341. The third kappa shape index (κ3) is 9.32. The third-order valence-corrected chi connectivity index (χ3v) is 14.4. The van der Waals surface area contributed by atoms with E-state index in [1.54, 1.807) is 12.1 Å². The van der Waals surface area contributed by atoms with Crippen LogP contribution in [0.1, 0.15) is 66.1 Å². The molecule has 1 aromatic rings. The van der Waals surface area contributed by atoms with Gasteiger partial charge in [-0.05, 0) is 67.2 Å². The van der Waals surface area contributed by atoms with Gasteiger partial charge in [-0.25, -0.2) is 4.79 Å². The number of hydrogen-bond donors (Lipinski definition) is 1. The number of rotatable bonds is 9. The van der Waals surface area contributed by atoms with Gasteiger partial charge in [0.05, 0.1) is 41.9 Å². The van der Waals surface area contributed by atoms with Crippen molar-refractivity contribution < 1.29 is 23.9 Å². The molecule has 0 bridgehead atoms. The first kappa shape index (κ1) is 35.1. The summed E-state index contributed by atoms with van der Waals surface area (Å²) in [5.74, 6) is -0.303. The number of ether oxygens (including phenoxy) is 1. The lowest BCUT2D eigenvalue weighted by molar-refractivity contribution is -0.135. The summed E-state index contributed by atoms with van der Waals surface area (Å²) >= 11 is 12.7. The van der Waals surface area contributed by atoms with Crippen LogP contribution in [0.3, 0.4) is 0 Å². The smallest absolute Gasteiger partial charge is 0.407 e. The van der Waals surface area contributed by atoms with E-state index in [4.69, 9.17) is 32.4 Å². The van der Waals surface area contributed by atoms with E-state index in [1.807, 2.05) is 31.7 Å². The standard InChI is InChI=1S/C31H51Cl2N3O5Si/c1-30(2,3)26-20-36(29(38)39)19-23(28(41-26)22-11-12-24(32)25(33)17-22)18-35(27(37)21-34-13-9-10-14-34)15-16-40-42(7,8)31(4,5)6/h11-12,17,23,26,28H,9-10,13-16,18-21H2,1-8H3,(H,38,39)/t23-,26?,28+/m1/s1. The number of hydrogen-bond acceptors (Lipinski definition) is 5. The quantitative estimate of drug-likeness (QED) is 0.291. The summed E-state index contributed by atoms with van der Waals surface area (Å²) in [7, 11) is -2.02. The summed E-state index contributed by atoms with van der Waals surface area (Å²) in [5, 5.41) is 11.1. The highest BCUT2D eigenvalue weighted by Crippen LogP contribution is 2.39. The van der Waals surface area contributed by atoms with E-state index in [9.17, 15) is 14.7 Å². The first-order valence-corrected chi connectivity index (χ1v) is 18.8. The molecule has 3 atom stereocenters. The summed E-state index contributed by atoms with van der Waals surface area (Å²) in [5.41, 5.74) is 0.500. The van der Waals surface area contributed by atoms with E-state index in [0.717, 1.165) is 31.5 Å². The maximum Gasteiger partial charge on any atom is 0.407 e. The highest BCUT2D eigenvalue weighted by Gasteiger charge is 2.41. The first-order valence-electron chi connectivity index (χ1n) is 15.1. The van der Waals surface area contributed by atoms with Gasteiger partial charge >= 0.3 is 6.09 Å². The molecule has 2 heterocycles. The van der Waals surface area contributed by atoms with Gasteiger partial charge in [-0.15, -0.1) is 0 Å². The van der Waals surface area contributed by atoms with Crippen molar-refractivity contribution in [1.29, 1.82) is 0 Å². The molecule has 0 saturated carbocycles. The number of likely N-dealkylation sites (tertiary alicyclic amines) is 1. The van der Waals surface area contributed by atoms with Crippen LogP contribution in [0, 0.1) is 11.3 Å². The van der Waals surface area contributed by atoms with Crippen LogP contribution in [0.5, 0.6) is 0 Å². The van der Waals surface area contributed by atoms with Gasteiger partial charge in [0.1, 0.15) is 0 Å². The van der Waals surface area contributed by atoms with Crippen molar-refractivity contribution in [3.05, 3.63) is 33.8 Å². The Balaban J connectivity index is 1.96. The molecule has 0 spiro atoms. The van der Waals surface area contributed by atoms with Crippen molar-refractivity contribution >= 4 is 43.5 Å². The Hall–Kier alpha value is -1.36. The lowest BCUT2D eigenvalue weighted by Gasteiger charge is -2.38. The minimum absolute atomic E-state index is 0.0297. The van der Waals surface area contributed by atoms with Gasteiger partial charge < -0.3 is 24.1 Å². The molecule has 238 valence electrons. The van der Waals surface area contributed by atoms with E-state index in [1.165, 1.54) is 4.90 Å². The number of carbonyl (C=O) groups excluding carboxylic acids is 1. The fourth-order valence-electron chi connectivity index (χ4n) is 5.27. The minimum Gasteiger partial charge on any atom is -0.465 e. The summed E-state index contributed by atoms with van der Waals surface area (Å²) in [4.78, 5) is 31.7. The van der Waals surface area contributed by atoms with Crippen molar-refractivity contribution in [2.24, 2.45) is 11.3 Å². The molecule has 2 fully saturated rings. The highest BCUT2D eigenvalue weighted by atomic mass is 35.5. The average Bonchev–Trinajstić information content (AvgIpc) is 3.29. The van der Waals surface area contributed by atoms with E-state index in [2.05, 4.69) is 38.8 Å². The van der Waals surface area contributed by atoms with Crippen molar-refractivity contribution in [3.63, 3.8) is 0 Å². The second kappa shape index (κ2) is 14.2. The fraction of sp³-hybridized carbons (Fsp3) is 0.742. The highest BCUT2D eigenvalue weighted by molar-refractivity contribution is 6.74. The Morgan fingerprint density at radius 3 is 2.26 bits per heavy atom. The zero-order valence-electron chi connectivity index (χ0n) is 26.7. The number of benzene rings is 1. The molecule has 1 N–H and O–H groups in total. The van der Waals surface area contributed by atoms with Crippen molar-refractivity contribution in [2.75, 3.05) is 52.4 Å². The van der Waals surface area contributed by atoms with Crippen LogP contribution in [-0.4, -0.2) is 98.6 Å². The molecule has 0 radical (unpaired) electrons. The van der Waals surface area contributed by atoms with E-state index < -0.39 is 20.5 Å². The molecule has 3 rings (SSSR count). The Kier molecular flexibility index (Phi) is 11.8. The first-order chi connectivity index (χ1) is 19.4. The Morgan fingerprint density at radius 1 is 1.07 bits per heavy atom. The van der Waals surface area contributed by atoms with Crippen LogP contribution < -0.4 is 0 Å². The van der Waals surface area contributed by atoms with E-state index in [-0.39, 0.29) is 41.5 Å². The number of carbonyl (C=O) groups is 2. The molecule has 2 aliphatic rings. The average molecular weight is 645 g/mol. The predicted octanol–water partition coefficient (Wildman–Crippen LogP) is 7.02. The zero-order valence-corrected chi connectivity index (χ0v) is 29.2. The molecule has 42 heavy (non-hydrogen) atoms. The van der Waals surface area contributed by atoms with Gasteiger partial charge in [0, 0.05) is 25.6 Å². The van der Waals surface area contributed by atoms with Crippen LogP contribution in [0.4, 0.5) is 4.79 Å². The molecule has 2 amide bonds. The molecule has 1 aromatic carbocycles. The van der Waals surface area contributed by atoms with Crippen LogP contribution in [0.2, 0.25) is 28.2 Å². The lowest BCUT2D eigenvalue weighted by Crippen LogP contribution is -2.48. The van der Waals surface area contributed by atoms with Gasteiger partial charge in [0.2, 0.25) is 5.91 Å². The monoisotopic (exact) mass is 643 g/mol. The molecule has 1 unspecified atom stereocenters. The predicted molar refractivity (Wildman–Crippen MR) is 172 cm³/mol. The number of carboxylic acid groups (broad SMARTS) is 1. The molecule has 8 nitrogen and oxygen atoms in total. The Morgan fingerprint density at radius 2 is 1.71 bits per heavy atom. The molecular formula is C31H51Cl2N3O5Si. The second-order valence-electron chi connectivity index (χ2n) is 14.5. The fourth-order valence-corrected chi connectivity index (χ4v) is 6.61. The molecule has 2 aliphatic heterocycles. The normalized spacial score (nSPS) is 22.7. The molecular weight excluding hydrogens is 593 g/mol. The van der Waals surface area contributed by atoms with Gasteiger partial charge in [-0.1, -0.05) is 70.8 Å². The SMILES string of the molecule is CC(C)(C)C1CN(C(=O)O)C[C@@H](CN(CCO[Si](C)(C)C(C)(C)C)C(=O)CN2CCCC2)[C@H](c2ccc(Cl)c(Cl)c2)O1. The summed E-state index contributed by atoms with van der Waals surface area (Å²) < 4.78 is 13.3. The lowest BCUT2D eigenvalue weighted by atomic mass is 9.88. The van der Waals surface area contributed by atoms with Crippen LogP contribution in [-0.2, 0) is 14.0 Å². The number of halogens is 2. The second-order valence-corrected chi connectivity index (χ2v) is 20.1. The maximum atomic E-state index is 13.8. The Labute approximate surface area is 263 Å².